The van der Waals surface area contributed by atoms with Gasteiger partial charge in [-0.2, -0.15) is 0 Å². The van der Waals surface area contributed by atoms with E-state index in [4.69, 9.17) is 9.47 Å². The third-order valence-electron chi connectivity index (χ3n) is 5.08. The number of carbonyl (C=O) groups excluding carboxylic acids is 1. The summed E-state index contributed by atoms with van der Waals surface area (Å²) in [4.78, 5) is 31.7. The lowest BCUT2D eigenvalue weighted by atomic mass is 10.1. The Bertz CT molecular complexity index is 1160. The van der Waals surface area contributed by atoms with E-state index in [0.29, 0.717) is 43.3 Å². The fourth-order valence-electron chi connectivity index (χ4n) is 3.52. The van der Waals surface area contributed by atoms with E-state index in [1.54, 1.807) is 4.90 Å². The molecule has 7 nitrogen and oxygen atoms in total. The normalized spacial score (nSPS) is 10.9. The lowest BCUT2D eigenvalue weighted by molar-refractivity contribution is -0.132. The average Bonchev–Trinajstić information content (AvgIpc) is 2.80. The maximum atomic E-state index is 13.6. The molecule has 0 aliphatic rings. The van der Waals surface area contributed by atoms with Gasteiger partial charge in [-0.1, -0.05) is 19.9 Å². The monoisotopic (exact) mass is 455 g/mol. The van der Waals surface area contributed by atoms with Crippen LogP contribution >= 0.6 is 0 Å². The Morgan fingerprint density at radius 3 is 2.61 bits per heavy atom. The summed E-state index contributed by atoms with van der Waals surface area (Å²) in [5.74, 6) is 0.580. The number of halogens is 1. The van der Waals surface area contributed by atoms with E-state index in [0.717, 1.165) is 24.5 Å². The number of carbonyl (C=O) groups is 1. The minimum atomic E-state index is -0.519. The predicted molar refractivity (Wildman–Crippen MR) is 125 cm³/mol. The van der Waals surface area contributed by atoms with Gasteiger partial charge in [-0.15, -0.1) is 0 Å². The Kier molecular flexibility index (Phi) is 8.40. The number of ether oxygens (including phenoxy) is 2. The molecule has 3 aromatic rings. The highest BCUT2D eigenvalue weighted by Gasteiger charge is 2.17. The van der Waals surface area contributed by atoms with Gasteiger partial charge in [0.05, 0.1) is 30.4 Å². The van der Waals surface area contributed by atoms with Crippen LogP contribution in [0.25, 0.3) is 10.9 Å². The average molecular weight is 456 g/mol. The molecule has 0 fully saturated rings. The van der Waals surface area contributed by atoms with Crippen LogP contribution in [0.5, 0.6) is 11.5 Å². The summed E-state index contributed by atoms with van der Waals surface area (Å²) in [6, 6.07) is 9.50. The molecule has 0 atom stereocenters. The molecule has 1 aromatic heterocycles. The number of rotatable bonds is 11. The zero-order valence-electron chi connectivity index (χ0n) is 19.3. The zero-order valence-corrected chi connectivity index (χ0v) is 19.3. The van der Waals surface area contributed by atoms with Gasteiger partial charge in [-0.25, -0.2) is 9.37 Å². The molecule has 0 N–H and O–H groups in total. The number of benzene rings is 2. The van der Waals surface area contributed by atoms with Gasteiger partial charge in [0.2, 0.25) is 5.91 Å². The number of fused-ring (bicyclic) bond motifs is 1. The Morgan fingerprint density at radius 2 is 1.88 bits per heavy atom. The van der Waals surface area contributed by atoms with Crippen molar-refractivity contribution in [3.8, 4) is 11.5 Å². The summed E-state index contributed by atoms with van der Waals surface area (Å²) in [6.45, 7) is 7.75. The van der Waals surface area contributed by atoms with E-state index in [-0.39, 0.29) is 17.8 Å². The second kappa shape index (κ2) is 11.4. The van der Waals surface area contributed by atoms with Gasteiger partial charge in [-0.05, 0) is 55.7 Å². The van der Waals surface area contributed by atoms with Crippen molar-refractivity contribution >= 4 is 16.8 Å². The van der Waals surface area contributed by atoms with E-state index in [2.05, 4.69) is 4.98 Å². The van der Waals surface area contributed by atoms with Crippen LogP contribution in [-0.2, 0) is 17.9 Å². The van der Waals surface area contributed by atoms with Gasteiger partial charge >= 0.3 is 0 Å². The molecule has 0 unspecified atom stereocenters. The van der Waals surface area contributed by atoms with Gasteiger partial charge in [0.1, 0.15) is 12.4 Å². The number of nitrogens with zero attached hydrogens (tertiary/aromatic N) is 3. The molecule has 33 heavy (non-hydrogen) atoms. The van der Waals surface area contributed by atoms with Crippen molar-refractivity contribution in [2.24, 2.45) is 0 Å². The topological polar surface area (TPSA) is 73.7 Å². The summed E-state index contributed by atoms with van der Waals surface area (Å²) in [5, 5.41) is 0.149. The van der Waals surface area contributed by atoms with Crippen LogP contribution in [0.1, 0.15) is 39.2 Å². The van der Waals surface area contributed by atoms with Crippen LogP contribution in [0.3, 0.4) is 0 Å². The molecule has 8 heteroatoms. The summed E-state index contributed by atoms with van der Waals surface area (Å²) < 4.78 is 26.3. The number of hydrogen-bond acceptors (Lipinski definition) is 5. The van der Waals surface area contributed by atoms with Crippen molar-refractivity contribution in [3.63, 3.8) is 0 Å². The van der Waals surface area contributed by atoms with E-state index < -0.39 is 11.4 Å². The molecule has 0 spiro atoms. The zero-order chi connectivity index (χ0) is 23.8. The fourth-order valence-corrected chi connectivity index (χ4v) is 3.52. The molecular weight excluding hydrogens is 425 g/mol. The number of aromatic nitrogens is 2. The first-order valence-electron chi connectivity index (χ1n) is 11.3. The highest BCUT2D eigenvalue weighted by Crippen LogP contribution is 2.29. The number of amides is 1. The van der Waals surface area contributed by atoms with Gasteiger partial charge in [0.25, 0.3) is 5.56 Å². The Labute approximate surface area is 192 Å². The molecule has 3 rings (SSSR count). The third-order valence-corrected chi connectivity index (χ3v) is 5.08. The lowest BCUT2D eigenvalue weighted by Crippen LogP contribution is -2.36. The summed E-state index contributed by atoms with van der Waals surface area (Å²) >= 11 is 0. The minimum Gasteiger partial charge on any atom is -0.490 e. The second-order valence-electron chi connectivity index (χ2n) is 7.72. The first kappa shape index (κ1) is 24.2. The maximum absolute atomic E-state index is 13.6. The SMILES string of the molecule is CCCOc1ccc(CN(CCC)C(=O)Cn2cnc3ccc(F)cc3c2=O)cc1OCC. The molecule has 0 aliphatic heterocycles. The summed E-state index contributed by atoms with van der Waals surface area (Å²) in [6.07, 6.45) is 2.98. The van der Waals surface area contributed by atoms with Crippen molar-refractivity contribution < 1.29 is 18.7 Å². The minimum absolute atomic E-state index is 0.149. The quantitative estimate of drug-likeness (QED) is 0.434. The van der Waals surface area contributed by atoms with Crippen molar-refractivity contribution in [1.29, 1.82) is 0 Å². The summed E-state index contributed by atoms with van der Waals surface area (Å²) in [7, 11) is 0. The second-order valence-corrected chi connectivity index (χ2v) is 7.72. The summed E-state index contributed by atoms with van der Waals surface area (Å²) in [5.41, 5.74) is 0.847. The molecular formula is C25H30FN3O4. The van der Waals surface area contributed by atoms with E-state index in [9.17, 15) is 14.0 Å². The van der Waals surface area contributed by atoms with E-state index in [1.807, 2.05) is 39.0 Å². The smallest absolute Gasteiger partial charge is 0.261 e. The molecule has 0 saturated heterocycles. The van der Waals surface area contributed by atoms with Crippen molar-refractivity contribution in [2.45, 2.75) is 46.7 Å². The van der Waals surface area contributed by atoms with Gasteiger partial charge in [0.15, 0.2) is 11.5 Å². The van der Waals surface area contributed by atoms with E-state index in [1.165, 1.54) is 23.0 Å². The largest absolute Gasteiger partial charge is 0.490 e. The molecule has 0 saturated carbocycles. The van der Waals surface area contributed by atoms with Crippen LogP contribution in [-0.4, -0.2) is 40.1 Å². The predicted octanol–water partition coefficient (Wildman–Crippen LogP) is 4.16. The molecule has 0 radical (unpaired) electrons. The Balaban J connectivity index is 1.81. The highest BCUT2D eigenvalue weighted by molar-refractivity contribution is 5.79. The van der Waals surface area contributed by atoms with Crippen LogP contribution in [0.4, 0.5) is 4.39 Å². The molecule has 1 heterocycles. The van der Waals surface area contributed by atoms with Crippen molar-refractivity contribution in [1.82, 2.24) is 14.5 Å². The van der Waals surface area contributed by atoms with E-state index >= 15 is 0 Å². The highest BCUT2D eigenvalue weighted by atomic mass is 19.1. The molecule has 176 valence electrons. The standard InChI is InChI=1S/C25H30FN3O4/c1-4-11-28(15-18-7-10-22(33-12-5-2)23(13-18)32-6-3)24(30)16-29-17-27-21-9-8-19(26)14-20(21)25(29)31/h7-10,13-14,17H,4-6,11-12,15-16H2,1-3H3. The van der Waals surface area contributed by atoms with Crippen molar-refractivity contribution in [2.75, 3.05) is 19.8 Å². The van der Waals surface area contributed by atoms with Crippen molar-refractivity contribution in [3.05, 3.63) is 64.5 Å². The van der Waals surface area contributed by atoms with Gasteiger partial charge < -0.3 is 14.4 Å². The van der Waals surface area contributed by atoms with Gasteiger partial charge in [-0.3, -0.25) is 14.2 Å². The molecule has 0 aliphatic carbocycles. The van der Waals surface area contributed by atoms with Gasteiger partial charge in [0, 0.05) is 13.1 Å². The first-order valence-corrected chi connectivity index (χ1v) is 11.3. The third kappa shape index (κ3) is 6.09. The molecule has 2 aromatic carbocycles. The maximum Gasteiger partial charge on any atom is 0.261 e. The van der Waals surface area contributed by atoms with Crippen LogP contribution in [0.15, 0.2) is 47.5 Å². The number of hydrogen-bond donors (Lipinski definition) is 0. The fraction of sp³-hybridized carbons (Fsp3) is 0.400. The van der Waals surface area contributed by atoms with Crippen LogP contribution < -0.4 is 15.0 Å². The van der Waals surface area contributed by atoms with Crippen LogP contribution in [0, 0.1) is 5.82 Å². The molecule has 1 amide bonds. The lowest BCUT2D eigenvalue weighted by Gasteiger charge is -2.23. The van der Waals surface area contributed by atoms with Crippen LogP contribution in [0.2, 0.25) is 0 Å². The molecule has 0 bridgehead atoms. The Morgan fingerprint density at radius 1 is 1.06 bits per heavy atom. The first-order chi connectivity index (χ1) is 16.0. The Hall–Kier alpha value is -3.42.